The number of para-hydroxylation sites is 2. The van der Waals surface area contributed by atoms with Crippen molar-refractivity contribution < 1.29 is 19.2 Å². The highest BCUT2D eigenvalue weighted by atomic mass is 35.5. The quantitative estimate of drug-likeness (QED) is 0.456. The molecule has 0 radical (unpaired) electrons. The number of hydrogen-bond acceptors (Lipinski definition) is 7. The first kappa shape index (κ1) is 21.8. The number of ether oxygens (including phenoxy) is 2. The molecule has 3 aromatic rings. The third kappa shape index (κ3) is 4.33. The van der Waals surface area contributed by atoms with Crippen molar-refractivity contribution in [1.82, 2.24) is 9.78 Å². The number of anilines is 1. The number of nitrogens with one attached hydrogen (secondary N) is 1. The summed E-state index contributed by atoms with van der Waals surface area (Å²) in [6.45, 7) is 1.55. The molecule has 0 aliphatic rings. The summed E-state index contributed by atoms with van der Waals surface area (Å²) >= 11 is 6.12. The summed E-state index contributed by atoms with van der Waals surface area (Å²) in [7, 11) is 2.82. The van der Waals surface area contributed by atoms with E-state index < -0.39 is 22.0 Å². The number of nitro groups is 1. The van der Waals surface area contributed by atoms with E-state index in [4.69, 9.17) is 21.1 Å². The second-order valence-electron chi connectivity index (χ2n) is 6.30. The number of hydrogen-bond donors (Lipinski definition) is 1. The lowest BCUT2D eigenvalue weighted by molar-refractivity contribution is -0.384. The zero-order chi connectivity index (χ0) is 22.7. The molecule has 2 aromatic carbocycles. The minimum Gasteiger partial charge on any atom is -0.495 e. The van der Waals surface area contributed by atoms with E-state index >= 15 is 0 Å². The molecule has 31 heavy (non-hydrogen) atoms. The number of methoxy groups -OCH3 is 2. The van der Waals surface area contributed by atoms with Crippen LogP contribution in [0.3, 0.4) is 0 Å². The number of carbonyl (C=O) groups is 1. The summed E-state index contributed by atoms with van der Waals surface area (Å²) in [6, 6.07) is 9.93. The van der Waals surface area contributed by atoms with Crippen LogP contribution in [0.25, 0.3) is 5.69 Å². The number of aryl methyl sites for hydroxylation is 1. The maximum atomic E-state index is 12.8. The van der Waals surface area contributed by atoms with Gasteiger partial charge in [0, 0.05) is 23.9 Å². The van der Waals surface area contributed by atoms with Gasteiger partial charge in [-0.2, -0.15) is 5.10 Å². The Morgan fingerprint density at radius 3 is 2.48 bits per heavy atom. The van der Waals surface area contributed by atoms with Crippen molar-refractivity contribution in [3.8, 4) is 17.2 Å². The molecule has 1 aromatic heterocycles. The SMILES string of the molecule is COc1cc(OC)c(NC(=O)c2nn(-c3ccccc3[N+](=O)[O-])c(C)cc2=O)cc1Cl. The van der Waals surface area contributed by atoms with Crippen LogP contribution >= 0.6 is 11.6 Å². The van der Waals surface area contributed by atoms with Crippen LogP contribution in [0.1, 0.15) is 16.2 Å². The van der Waals surface area contributed by atoms with Gasteiger partial charge in [-0.3, -0.25) is 19.7 Å². The molecule has 11 heteroatoms. The van der Waals surface area contributed by atoms with E-state index in [2.05, 4.69) is 10.4 Å². The zero-order valence-corrected chi connectivity index (χ0v) is 17.5. The van der Waals surface area contributed by atoms with E-state index in [1.807, 2.05) is 0 Å². The molecule has 3 rings (SSSR count). The van der Waals surface area contributed by atoms with E-state index in [1.165, 1.54) is 55.3 Å². The number of nitro benzene ring substituents is 1. The van der Waals surface area contributed by atoms with Gasteiger partial charge in [0.15, 0.2) is 5.69 Å². The molecule has 0 unspecified atom stereocenters. The highest BCUT2D eigenvalue weighted by Gasteiger charge is 2.21. The average Bonchev–Trinajstić information content (AvgIpc) is 2.74. The number of aromatic nitrogens is 2. The lowest BCUT2D eigenvalue weighted by Crippen LogP contribution is -2.27. The second-order valence-corrected chi connectivity index (χ2v) is 6.70. The number of rotatable bonds is 6. The Labute approximate surface area is 181 Å². The molecular weight excluding hydrogens is 428 g/mol. The minimum absolute atomic E-state index is 0.115. The predicted molar refractivity (Wildman–Crippen MR) is 114 cm³/mol. The van der Waals surface area contributed by atoms with Crippen molar-refractivity contribution in [2.24, 2.45) is 0 Å². The number of nitrogens with zero attached hydrogens (tertiary/aromatic N) is 3. The lowest BCUT2D eigenvalue weighted by atomic mass is 10.2. The fraction of sp³-hybridized carbons (Fsp3) is 0.150. The van der Waals surface area contributed by atoms with Gasteiger partial charge in [-0.1, -0.05) is 23.7 Å². The van der Waals surface area contributed by atoms with Crippen LogP contribution in [0.15, 0.2) is 47.3 Å². The summed E-state index contributed by atoms with van der Waals surface area (Å²) in [5, 5.41) is 18.2. The summed E-state index contributed by atoms with van der Waals surface area (Å²) in [6.07, 6.45) is 0. The molecule has 0 fully saturated rings. The Morgan fingerprint density at radius 2 is 1.84 bits per heavy atom. The van der Waals surface area contributed by atoms with Crippen LogP contribution in [0.2, 0.25) is 5.02 Å². The van der Waals surface area contributed by atoms with Crippen LogP contribution in [0.5, 0.6) is 11.5 Å². The highest BCUT2D eigenvalue weighted by Crippen LogP contribution is 2.36. The predicted octanol–water partition coefficient (Wildman–Crippen LogP) is 3.37. The Hall–Kier alpha value is -3.92. The van der Waals surface area contributed by atoms with E-state index in [9.17, 15) is 19.7 Å². The average molecular weight is 445 g/mol. The zero-order valence-electron chi connectivity index (χ0n) is 16.7. The van der Waals surface area contributed by atoms with Crippen LogP contribution in [-0.4, -0.2) is 34.8 Å². The van der Waals surface area contributed by atoms with Crippen LogP contribution in [0, 0.1) is 17.0 Å². The molecule has 0 saturated heterocycles. The van der Waals surface area contributed by atoms with Gasteiger partial charge in [0.1, 0.15) is 17.2 Å². The molecule has 0 aliphatic heterocycles. The minimum atomic E-state index is -0.836. The van der Waals surface area contributed by atoms with E-state index in [1.54, 1.807) is 13.0 Å². The smallest absolute Gasteiger partial charge is 0.294 e. The second kappa shape index (κ2) is 8.84. The van der Waals surface area contributed by atoms with Crippen molar-refractivity contribution in [2.75, 3.05) is 19.5 Å². The monoisotopic (exact) mass is 444 g/mol. The van der Waals surface area contributed by atoms with Crippen molar-refractivity contribution in [3.63, 3.8) is 0 Å². The molecule has 0 bridgehead atoms. The molecule has 0 spiro atoms. The molecular formula is C20H17ClN4O6. The number of halogens is 1. The molecule has 0 saturated carbocycles. The van der Waals surface area contributed by atoms with Gasteiger partial charge < -0.3 is 14.8 Å². The first-order chi connectivity index (χ1) is 14.8. The van der Waals surface area contributed by atoms with Crippen molar-refractivity contribution in [2.45, 2.75) is 6.92 Å². The van der Waals surface area contributed by atoms with Gasteiger partial charge in [-0.15, -0.1) is 0 Å². The Morgan fingerprint density at radius 1 is 1.16 bits per heavy atom. The largest absolute Gasteiger partial charge is 0.495 e. The number of amides is 1. The fourth-order valence-corrected chi connectivity index (χ4v) is 3.13. The molecule has 160 valence electrons. The normalized spacial score (nSPS) is 10.5. The number of carbonyl (C=O) groups excluding carboxylic acids is 1. The maximum Gasteiger partial charge on any atom is 0.294 e. The molecule has 10 nitrogen and oxygen atoms in total. The summed E-state index contributed by atoms with van der Waals surface area (Å²) in [4.78, 5) is 36.1. The Kier molecular flexibility index (Phi) is 6.21. The highest BCUT2D eigenvalue weighted by molar-refractivity contribution is 6.32. The standard InChI is InChI=1S/C20H17ClN4O6/c1-11-8-16(26)19(23-24(11)14-6-4-5-7-15(14)25(28)29)20(27)22-13-9-12(21)17(30-2)10-18(13)31-3/h4-10H,1-3H3,(H,22,27). The van der Waals surface area contributed by atoms with Gasteiger partial charge in [0.25, 0.3) is 11.6 Å². The fourth-order valence-electron chi connectivity index (χ4n) is 2.89. The van der Waals surface area contributed by atoms with Gasteiger partial charge in [-0.25, -0.2) is 4.68 Å². The summed E-state index contributed by atoms with van der Waals surface area (Å²) in [5.41, 5.74) is -0.708. The molecule has 0 atom stereocenters. The summed E-state index contributed by atoms with van der Waals surface area (Å²) in [5.74, 6) is -0.249. The Balaban J connectivity index is 2.06. The maximum absolute atomic E-state index is 12.8. The third-order valence-corrected chi connectivity index (χ3v) is 4.65. The van der Waals surface area contributed by atoms with Gasteiger partial charge in [0.2, 0.25) is 5.43 Å². The molecule has 1 N–H and O–H groups in total. The lowest BCUT2D eigenvalue weighted by Gasteiger charge is -2.14. The van der Waals surface area contributed by atoms with Crippen molar-refractivity contribution in [1.29, 1.82) is 0 Å². The number of benzene rings is 2. The first-order valence-electron chi connectivity index (χ1n) is 8.84. The molecule has 0 aliphatic carbocycles. The third-order valence-electron chi connectivity index (χ3n) is 4.35. The van der Waals surface area contributed by atoms with E-state index in [-0.39, 0.29) is 27.8 Å². The van der Waals surface area contributed by atoms with Crippen molar-refractivity contribution >= 4 is 28.9 Å². The van der Waals surface area contributed by atoms with Gasteiger partial charge in [0.05, 0.1) is 29.9 Å². The summed E-state index contributed by atoms with van der Waals surface area (Å²) < 4.78 is 11.5. The van der Waals surface area contributed by atoms with Crippen molar-refractivity contribution in [3.05, 3.63) is 79.2 Å². The van der Waals surface area contributed by atoms with E-state index in [0.717, 1.165) is 0 Å². The topological polar surface area (TPSA) is 126 Å². The molecule has 1 heterocycles. The van der Waals surface area contributed by atoms with Gasteiger partial charge in [-0.05, 0) is 19.1 Å². The van der Waals surface area contributed by atoms with Crippen LogP contribution in [-0.2, 0) is 0 Å². The Bertz CT molecular complexity index is 1240. The van der Waals surface area contributed by atoms with Gasteiger partial charge >= 0.3 is 0 Å². The molecule has 1 amide bonds. The van der Waals surface area contributed by atoms with Crippen LogP contribution < -0.4 is 20.2 Å². The first-order valence-corrected chi connectivity index (χ1v) is 9.22. The van der Waals surface area contributed by atoms with E-state index in [0.29, 0.717) is 11.4 Å². The van der Waals surface area contributed by atoms with Crippen LogP contribution in [0.4, 0.5) is 11.4 Å².